The first-order chi connectivity index (χ1) is 14.0. The topological polar surface area (TPSA) is 125 Å². The Morgan fingerprint density at radius 2 is 1.79 bits per heavy atom. The van der Waals surface area contributed by atoms with E-state index in [1.807, 2.05) is 30.3 Å². The molecule has 0 aromatic heterocycles. The van der Waals surface area contributed by atoms with Crippen LogP contribution in [0.1, 0.15) is 51.0 Å². The number of aliphatic hydroxyl groups is 1. The summed E-state index contributed by atoms with van der Waals surface area (Å²) in [6.45, 7) is 1.81. The lowest BCUT2D eigenvalue weighted by Crippen LogP contribution is -2.51. The van der Waals surface area contributed by atoms with Gasteiger partial charge in [0.05, 0.1) is 5.92 Å². The van der Waals surface area contributed by atoms with Crippen molar-refractivity contribution in [2.75, 3.05) is 0 Å². The molecule has 0 saturated heterocycles. The molecule has 0 radical (unpaired) electrons. The lowest BCUT2D eigenvalue weighted by molar-refractivity contribution is -0.154. The highest BCUT2D eigenvalue weighted by atomic mass is 16.5. The van der Waals surface area contributed by atoms with E-state index in [-0.39, 0.29) is 18.9 Å². The second kappa shape index (κ2) is 11.5. The van der Waals surface area contributed by atoms with Crippen LogP contribution in [0.2, 0.25) is 0 Å². The highest BCUT2D eigenvalue weighted by Crippen LogP contribution is 2.22. The minimum absolute atomic E-state index is 0.144. The van der Waals surface area contributed by atoms with E-state index in [4.69, 9.17) is 9.94 Å². The molecule has 1 fully saturated rings. The lowest BCUT2D eigenvalue weighted by Gasteiger charge is -2.25. The molecule has 1 aliphatic rings. The van der Waals surface area contributed by atoms with Crippen LogP contribution in [0, 0.1) is 5.92 Å². The van der Waals surface area contributed by atoms with Crippen LogP contribution in [-0.2, 0) is 25.5 Å². The van der Waals surface area contributed by atoms with Crippen molar-refractivity contribution in [3.8, 4) is 0 Å². The SMILES string of the molecule is CCC[C@@H](C(=O)N[C@@H](Cc1ccccc1)C(=O)OC1CCCC1)[C@H](O)C(=O)NO. The van der Waals surface area contributed by atoms with E-state index in [2.05, 4.69) is 5.32 Å². The average Bonchev–Trinajstić information content (AvgIpc) is 3.24. The van der Waals surface area contributed by atoms with Gasteiger partial charge in [0, 0.05) is 6.42 Å². The van der Waals surface area contributed by atoms with Crippen LogP contribution in [-0.4, -0.2) is 46.3 Å². The molecule has 0 spiro atoms. The predicted molar refractivity (Wildman–Crippen MR) is 105 cm³/mol. The number of hydrogen-bond donors (Lipinski definition) is 4. The Kier molecular flexibility index (Phi) is 9.08. The summed E-state index contributed by atoms with van der Waals surface area (Å²) in [6, 6.07) is 8.29. The van der Waals surface area contributed by atoms with Crippen molar-refractivity contribution in [1.82, 2.24) is 10.8 Å². The molecule has 29 heavy (non-hydrogen) atoms. The fourth-order valence-electron chi connectivity index (χ4n) is 3.57. The fraction of sp³-hybridized carbons (Fsp3) is 0.571. The summed E-state index contributed by atoms with van der Waals surface area (Å²) in [6.07, 6.45) is 2.76. The van der Waals surface area contributed by atoms with Gasteiger partial charge in [0.1, 0.15) is 18.2 Å². The second-order valence-corrected chi connectivity index (χ2v) is 7.41. The van der Waals surface area contributed by atoms with Gasteiger partial charge in [-0.25, -0.2) is 10.3 Å². The molecule has 1 saturated carbocycles. The van der Waals surface area contributed by atoms with E-state index < -0.39 is 35.8 Å². The quantitative estimate of drug-likeness (QED) is 0.265. The lowest BCUT2D eigenvalue weighted by atomic mass is 9.94. The zero-order valence-corrected chi connectivity index (χ0v) is 16.7. The maximum absolute atomic E-state index is 12.8. The number of hydrogen-bond acceptors (Lipinski definition) is 6. The number of esters is 1. The maximum atomic E-state index is 12.8. The number of aliphatic hydroxyl groups excluding tert-OH is 1. The van der Waals surface area contributed by atoms with Crippen LogP contribution >= 0.6 is 0 Å². The molecule has 0 heterocycles. The van der Waals surface area contributed by atoms with Gasteiger partial charge in [0.2, 0.25) is 5.91 Å². The number of hydroxylamine groups is 1. The van der Waals surface area contributed by atoms with Gasteiger partial charge in [-0.05, 0) is 37.7 Å². The van der Waals surface area contributed by atoms with Crippen molar-refractivity contribution in [3.05, 3.63) is 35.9 Å². The summed E-state index contributed by atoms with van der Waals surface area (Å²) in [7, 11) is 0. The first-order valence-electron chi connectivity index (χ1n) is 10.1. The molecule has 8 heteroatoms. The molecular formula is C21H30N2O6. The van der Waals surface area contributed by atoms with Crippen molar-refractivity contribution < 1.29 is 29.4 Å². The first kappa shape index (κ1) is 22.8. The Bertz CT molecular complexity index is 675. The zero-order valence-electron chi connectivity index (χ0n) is 16.7. The summed E-state index contributed by atoms with van der Waals surface area (Å²) < 4.78 is 5.58. The monoisotopic (exact) mass is 406 g/mol. The average molecular weight is 406 g/mol. The van der Waals surface area contributed by atoms with E-state index in [9.17, 15) is 19.5 Å². The highest BCUT2D eigenvalue weighted by Gasteiger charge is 2.34. The minimum Gasteiger partial charge on any atom is -0.461 e. The Morgan fingerprint density at radius 1 is 1.14 bits per heavy atom. The Labute approximate surface area is 170 Å². The minimum atomic E-state index is -1.72. The van der Waals surface area contributed by atoms with Gasteiger partial charge in [-0.2, -0.15) is 0 Å². The smallest absolute Gasteiger partial charge is 0.329 e. The number of ether oxygens (including phenoxy) is 1. The molecule has 1 aromatic carbocycles. The van der Waals surface area contributed by atoms with Crippen LogP contribution in [0.15, 0.2) is 30.3 Å². The molecular weight excluding hydrogens is 376 g/mol. The molecule has 4 N–H and O–H groups in total. The van der Waals surface area contributed by atoms with E-state index in [1.54, 1.807) is 6.92 Å². The van der Waals surface area contributed by atoms with Gasteiger partial charge >= 0.3 is 5.97 Å². The van der Waals surface area contributed by atoms with E-state index >= 15 is 0 Å². The number of amides is 2. The van der Waals surface area contributed by atoms with Crippen LogP contribution in [0.25, 0.3) is 0 Å². The fourth-order valence-corrected chi connectivity index (χ4v) is 3.57. The predicted octanol–water partition coefficient (Wildman–Crippen LogP) is 1.48. The molecule has 0 aliphatic heterocycles. The number of benzene rings is 1. The van der Waals surface area contributed by atoms with Gasteiger partial charge in [-0.3, -0.25) is 14.8 Å². The van der Waals surface area contributed by atoms with Crippen LogP contribution < -0.4 is 10.8 Å². The maximum Gasteiger partial charge on any atom is 0.329 e. The Hall–Kier alpha value is -2.45. The zero-order chi connectivity index (χ0) is 21.2. The van der Waals surface area contributed by atoms with Crippen molar-refractivity contribution in [2.45, 2.75) is 70.1 Å². The number of carbonyl (C=O) groups is 3. The van der Waals surface area contributed by atoms with Crippen LogP contribution in [0.5, 0.6) is 0 Å². The number of carbonyl (C=O) groups excluding carboxylic acids is 3. The molecule has 0 bridgehead atoms. The van der Waals surface area contributed by atoms with Crippen LogP contribution in [0.4, 0.5) is 0 Å². The highest BCUT2D eigenvalue weighted by molar-refractivity contribution is 5.91. The van der Waals surface area contributed by atoms with E-state index in [1.165, 1.54) is 5.48 Å². The second-order valence-electron chi connectivity index (χ2n) is 7.41. The van der Waals surface area contributed by atoms with Crippen LogP contribution in [0.3, 0.4) is 0 Å². The largest absolute Gasteiger partial charge is 0.461 e. The molecule has 160 valence electrons. The normalized spacial score (nSPS) is 17.2. The van der Waals surface area contributed by atoms with Crippen molar-refractivity contribution in [1.29, 1.82) is 0 Å². The Balaban J connectivity index is 2.13. The van der Waals surface area contributed by atoms with Crippen molar-refractivity contribution in [3.63, 3.8) is 0 Å². The van der Waals surface area contributed by atoms with Gasteiger partial charge < -0.3 is 15.2 Å². The number of nitrogens with one attached hydrogen (secondary N) is 2. The van der Waals surface area contributed by atoms with Gasteiger partial charge in [-0.1, -0.05) is 43.7 Å². The van der Waals surface area contributed by atoms with Gasteiger partial charge in [-0.15, -0.1) is 0 Å². The summed E-state index contributed by atoms with van der Waals surface area (Å²) in [4.78, 5) is 37.1. The number of rotatable bonds is 10. The third kappa shape index (κ3) is 6.83. The molecule has 8 nitrogen and oxygen atoms in total. The van der Waals surface area contributed by atoms with Crippen molar-refractivity contribution in [2.24, 2.45) is 5.92 Å². The molecule has 2 rings (SSSR count). The molecule has 1 aromatic rings. The standard InChI is InChI=1S/C21H30N2O6/c1-2-8-16(18(24)20(26)23-28)19(25)22-17(13-14-9-4-3-5-10-14)21(27)29-15-11-6-7-12-15/h3-5,9-10,15-18,24,28H,2,6-8,11-13H2,1H3,(H,22,25)(H,23,26)/t16-,17+,18+/m1/s1. The molecule has 1 aliphatic carbocycles. The third-order valence-electron chi connectivity index (χ3n) is 5.17. The molecule has 2 amide bonds. The summed E-state index contributed by atoms with van der Waals surface area (Å²) in [5.41, 5.74) is 2.21. The van der Waals surface area contributed by atoms with Crippen molar-refractivity contribution >= 4 is 17.8 Å². The molecule has 3 atom stereocenters. The van der Waals surface area contributed by atoms with Gasteiger partial charge in [0.25, 0.3) is 5.91 Å². The Morgan fingerprint density at radius 3 is 2.38 bits per heavy atom. The first-order valence-corrected chi connectivity index (χ1v) is 10.1. The van der Waals surface area contributed by atoms with E-state index in [0.29, 0.717) is 6.42 Å². The summed E-state index contributed by atoms with van der Waals surface area (Å²) in [5, 5.41) is 21.5. The molecule has 0 unspecified atom stereocenters. The van der Waals surface area contributed by atoms with Gasteiger partial charge in [0.15, 0.2) is 0 Å². The summed E-state index contributed by atoms with van der Waals surface area (Å²) in [5.74, 6) is -3.31. The van der Waals surface area contributed by atoms with E-state index in [0.717, 1.165) is 31.2 Å². The third-order valence-corrected chi connectivity index (χ3v) is 5.17. The summed E-state index contributed by atoms with van der Waals surface area (Å²) >= 11 is 0.